The number of H-pyrrole nitrogens is 1. The van der Waals surface area contributed by atoms with Crippen LogP contribution >= 0.6 is 0 Å². The number of hydrogen-bond donors (Lipinski definition) is 0. The molecule has 0 saturated heterocycles. The van der Waals surface area contributed by atoms with Gasteiger partial charge >= 0.3 is 0 Å². The van der Waals surface area contributed by atoms with Crippen molar-refractivity contribution < 1.29 is 10.5 Å². The molecule has 11 heavy (non-hydrogen) atoms. The molecule has 2 rings (SSSR count). The van der Waals surface area contributed by atoms with Crippen LogP contribution in [0.1, 0.15) is 0 Å². The van der Waals surface area contributed by atoms with Gasteiger partial charge in [0.25, 0.3) is 0 Å². The van der Waals surface area contributed by atoms with Crippen LogP contribution in [0, 0.1) is 0 Å². The Hall–Kier alpha value is -1.41. The van der Waals surface area contributed by atoms with E-state index in [4.69, 9.17) is 0 Å². The van der Waals surface area contributed by atoms with Crippen molar-refractivity contribution in [1.82, 2.24) is 0 Å². The third-order valence-electron chi connectivity index (χ3n) is 1.57. The van der Waals surface area contributed by atoms with Gasteiger partial charge in [0.2, 0.25) is 5.52 Å². The van der Waals surface area contributed by atoms with E-state index in [9.17, 15) is 0 Å². The van der Waals surface area contributed by atoms with Gasteiger partial charge in [-0.3, -0.25) is 0 Å². The number of benzene rings is 1. The first-order valence-electron chi connectivity index (χ1n) is 3.32. The van der Waals surface area contributed by atoms with Crippen molar-refractivity contribution >= 4 is 10.9 Å². The van der Waals surface area contributed by atoms with Crippen LogP contribution in [0.2, 0.25) is 0 Å². The average molecular weight is 148 g/mol. The topological polar surface area (TPSA) is 45.6 Å². The molecule has 0 aliphatic rings. The van der Waals surface area contributed by atoms with Crippen molar-refractivity contribution in [3.05, 3.63) is 42.6 Å². The van der Waals surface area contributed by atoms with Gasteiger partial charge in [0.15, 0.2) is 6.20 Å². The van der Waals surface area contributed by atoms with Crippen LogP contribution in [-0.4, -0.2) is 5.48 Å². The largest absolute Gasteiger partial charge is 0.412 e. The number of aromatic amines is 1. The van der Waals surface area contributed by atoms with Gasteiger partial charge in [-0.25, -0.2) is 4.98 Å². The molecule has 1 aromatic heterocycles. The molecule has 1 heterocycles. The second kappa shape index (κ2) is 3.12. The van der Waals surface area contributed by atoms with Gasteiger partial charge in [0, 0.05) is 17.5 Å². The van der Waals surface area contributed by atoms with Crippen molar-refractivity contribution in [3.63, 3.8) is 0 Å². The van der Waals surface area contributed by atoms with E-state index in [0.717, 1.165) is 0 Å². The van der Waals surface area contributed by atoms with Crippen LogP contribution in [0.4, 0.5) is 0 Å². The molecular weight excluding hydrogens is 138 g/mol. The van der Waals surface area contributed by atoms with Gasteiger partial charge in [-0.2, -0.15) is 0 Å². The number of aromatic nitrogens is 1. The highest BCUT2D eigenvalue weighted by Gasteiger charge is 1.92. The summed E-state index contributed by atoms with van der Waals surface area (Å²) in [7, 11) is 0. The Morgan fingerprint density at radius 2 is 1.64 bits per heavy atom. The van der Waals surface area contributed by atoms with E-state index < -0.39 is 0 Å². The van der Waals surface area contributed by atoms with Crippen molar-refractivity contribution in [1.29, 1.82) is 0 Å². The van der Waals surface area contributed by atoms with Crippen molar-refractivity contribution in [3.8, 4) is 0 Å². The van der Waals surface area contributed by atoms with E-state index in [1.165, 1.54) is 10.9 Å². The van der Waals surface area contributed by atoms with Crippen LogP contribution in [0.25, 0.3) is 10.9 Å². The fourth-order valence-electron chi connectivity index (χ4n) is 1.06. The highest BCUT2D eigenvalue weighted by atomic mass is 16.0. The summed E-state index contributed by atoms with van der Waals surface area (Å²) in [6, 6.07) is 12.3. The summed E-state index contributed by atoms with van der Waals surface area (Å²) in [6.07, 6.45) is 1.93. The standard InChI is InChI=1S/C9H7N.H2O/c1-2-6-9-8(4-1)5-3-7-10-9;/h1-7H;1H2/p+1. The minimum Gasteiger partial charge on any atom is -0.412 e. The van der Waals surface area contributed by atoms with E-state index in [1.54, 1.807) is 0 Å². The molecule has 0 bridgehead atoms. The van der Waals surface area contributed by atoms with Gasteiger partial charge in [0.1, 0.15) is 0 Å². The first-order chi connectivity index (χ1) is 4.97. The molecule has 56 valence electrons. The van der Waals surface area contributed by atoms with E-state index in [1.807, 2.05) is 24.4 Å². The summed E-state index contributed by atoms with van der Waals surface area (Å²) < 4.78 is 0. The zero-order valence-electron chi connectivity index (χ0n) is 6.04. The van der Waals surface area contributed by atoms with Gasteiger partial charge in [-0.1, -0.05) is 12.1 Å². The smallest absolute Gasteiger partial charge is 0.210 e. The second-order valence-corrected chi connectivity index (χ2v) is 2.26. The van der Waals surface area contributed by atoms with Crippen LogP contribution in [-0.2, 0) is 0 Å². The molecular formula is C9H10NO+. The van der Waals surface area contributed by atoms with Gasteiger partial charge in [-0.05, 0) is 12.1 Å². The third kappa shape index (κ3) is 1.36. The maximum Gasteiger partial charge on any atom is 0.210 e. The molecule has 0 unspecified atom stereocenters. The molecule has 0 aliphatic carbocycles. The van der Waals surface area contributed by atoms with E-state index in [-0.39, 0.29) is 5.48 Å². The zero-order chi connectivity index (χ0) is 6.81. The molecule has 1 aromatic carbocycles. The summed E-state index contributed by atoms with van der Waals surface area (Å²) in [5.74, 6) is 0. The Labute approximate surface area is 64.8 Å². The Morgan fingerprint density at radius 1 is 0.909 bits per heavy atom. The first kappa shape index (κ1) is 7.69. The average Bonchev–Trinajstić information content (AvgIpc) is 2.05. The summed E-state index contributed by atoms with van der Waals surface area (Å²) in [6.45, 7) is 0. The molecule has 0 spiro atoms. The minimum absolute atomic E-state index is 0. The molecule has 0 fully saturated rings. The maximum absolute atomic E-state index is 3.15. The molecule has 3 N–H and O–H groups in total. The Morgan fingerprint density at radius 3 is 2.45 bits per heavy atom. The highest BCUT2D eigenvalue weighted by Crippen LogP contribution is 2.04. The number of rotatable bonds is 0. The summed E-state index contributed by atoms with van der Waals surface area (Å²) >= 11 is 0. The number of pyridine rings is 1. The predicted octanol–water partition coefficient (Wildman–Crippen LogP) is 0.829. The number of hydrogen-bond acceptors (Lipinski definition) is 0. The Kier molecular flexibility index (Phi) is 2.18. The summed E-state index contributed by atoms with van der Waals surface area (Å²) in [5, 5.41) is 1.25. The number of fused-ring (bicyclic) bond motifs is 1. The van der Waals surface area contributed by atoms with E-state index in [0.29, 0.717) is 0 Å². The normalized spacial score (nSPS) is 9.09. The number of nitrogens with one attached hydrogen (secondary N) is 1. The van der Waals surface area contributed by atoms with Gasteiger partial charge < -0.3 is 5.48 Å². The van der Waals surface area contributed by atoms with E-state index in [2.05, 4.69) is 23.2 Å². The van der Waals surface area contributed by atoms with Crippen LogP contribution in [0.3, 0.4) is 0 Å². The fraction of sp³-hybridized carbons (Fsp3) is 0. The number of para-hydroxylation sites is 1. The van der Waals surface area contributed by atoms with Crippen LogP contribution < -0.4 is 4.98 Å². The lowest BCUT2D eigenvalue weighted by molar-refractivity contribution is -0.344. The fourth-order valence-corrected chi connectivity index (χ4v) is 1.06. The van der Waals surface area contributed by atoms with Crippen LogP contribution in [0.5, 0.6) is 0 Å². The lowest BCUT2D eigenvalue weighted by atomic mass is 10.2. The maximum atomic E-state index is 3.15. The summed E-state index contributed by atoms with van der Waals surface area (Å²) in [5.41, 5.74) is 1.19. The van der Waals surface area contributed by atoms with Gasteiger partial charge in [-0.15, -0.1) is 0 Å². The quantitative estimate of drug-likeness (QED) is 0.531. The lowest BCUT2D eigenvalue weighted by Crippen LogP contribution is -1.99. The molecule has 0 radical (unpaired) electrons. The van der Waals surface area contributed by atoms with Crippen LogP contribution in [0.15, 0.2) is 42.6 Å². The molecule has 0 amide bonds. The molecule has 0 atom stereocenters. The van der Waals surface area contributed by atoms with Crippen molar-refractivity contribution in [2.75, 3.05) is 0 Å². The highest BCUT2D eigenvalue weighted by molar-refractivity contribution is 5.74. The molecule has 0 saturated carbocycles. The van der Waals surface area contributed by atoms with E-state index >= 15 is 0 Å². The van der Waals surface area contributed by atoms with Gasteiger partial charge in [0.05, 0.1) is 0 Å². The Bertz CT molecular complexity index is 281. The monoisotopic (exact) mass is 148 g/mol. The minimum atomic E-state index is 0. The first-order valence-corrected chi connectivity index (χ1v) is 3.32. The Balaban J connectivity index is 0.000000605. The molecule has 2 heteroatoms. The SMILES string of the molecule is O.c1ccc2[nH+]cccc2c1. The summed E-state index contributed by atoms with van der Waals surface area (Å²) in [4.78, 5) is 3.15. The van der Waals surface area contributed by atoms with Crippen molar-refractivity contribution in [2.45, 2.75) is 0 Å². The predicted molar refractivity (Wildman–Crippen MR) is 44.1 cm³/mol. The molecule has 0 aliphatic heterocycles. The third-order valence-corrected chi connectivity index (χ3v) is 1.57. The molecule has 2 nitrogen and oxygen atoms in total. The van der Waals surface area contributed by atoms with Crippen molar-refractivity contribution in [2.24, 2.45) is 0 Å². The zero-order valence-corrected chi connectivity index (χ0v) is 6.04. The second-order valence-electron chi connectivity index (χ2n) is 2.26. The molecule has 2 aromatic rings. The lowest BCUT2D eigenvalue weighted by Gasteiger charge is -1.85.